The van der Waals surface area contributed by atoms with Crippen LogP contribution in [-0.4, -0.2) is 32.1 Å². The van der Waals surface area contributed by atoms with Gasteiger partial charge >= 0.3 is 0 Å². The Morgan fingerprint density at radius 3 is 2.53 bits per heavy atom. The summed E-state index contributed by atoms with van der Waals surface area (Å²) in [5.41, 5.74) is 1.13. The van der Waals surface area contributed by atoms with Gasteiger partial charge in [0, 0.05) is 24.7 Å². The van der Waals surface area contributed by atoms with Crippen LogP contribution in [0.3, 0.4) is 0 Å². The number of nitrogens with one attached hydrogen (secondary N) is 2. The molecule has 0 fully saturated rings. The molecule has 160 valence electrons. The van der Waals surface area contributed by atoms with E-state index in [0.29, 0.717) is 16.3 Å². The summed E-state index contributed by atoms with van der Waals surface area (Å²) in [6.07, 6.45) is 0.260. The van der Waals surface area contributed by atoms with Gasteiger partial charge in [-0.1, -0.05) is 35.8 Å². The second-order valence-corrected chi connectivity index (χ2v) is 7.03. The monoisotopic (exact) mass is 454 g/mol. The van der Waals surface area contributed by atoms with Crippen molar-refractivity contribution in [2.45, 2.75) is 13.0 Å². The van der Waals surface area contributed by atoms with Gasteiger partial charge in [-0.2, -0.15) is 0 Å². The van der Waals surface area contributed by atoms with E-state index in [1.165, 1.54) is 19.2 Å². The van der Waals surface area contributed by atoms with Gasteiger partial charge in [0.15, 0.2) is 6.61 Å². The van der Waals surface area contributed by atoms with E-state index in [1.54, 1.807) is 18.2 Å². The number of hydrogen-bond acceptors (Lipinski definition) is 4. The van der Waals surface area contributed by atoms with Gasteiger partial charge in [-0.15, -0.1) is 0 Å². The number of benzene rings is 2. The molecule has 0 aliphatic carbocycles. The topological polar surface area (TPSA) is 76.7 Å². The van der Waals surface area contributed by atoms with Crippen molar-refractivity contribution in [3.05, 3.63) is 70.0 Å². The highest BCUT2D eigenvalue weighted by Gasteiger charge is 2.10. The van der Waals surface area contributed by atoms with Crippen molar-refractivity contribution in [2.75, 3.05) is 20.3 Å². The Kier molecular flexibility index (Phi) is 8.95. The molecule has 9 heteroatoms. The van der Waals surface area contributed by atoms with E-state index >= 15 is 0 Å². The largest absolute Gasteiger partial charge is 0.495 e. The first-order valence-corrected chi connectivity index (χ1v) is 9.68. The molecule has 0 unspecified atom stereocenters. The van der Waals surface area contributed by atoms with E-state index in [1.807, 2.05) is 0 Å². The molecule has 0 aliphatic rings. The number of hydrogen-bond donors (Lipinski definition) is 2. The van der Waals surface area contributed by atoms with Gasteiger partial charge in [-0.05, 0) is 36.2 Å². The van der Waals surface area contributed by atoms with Crippen molar-refractivity contribution in [1.29, 1.82) is 0 Å². The fourth-order valence-electron chi connectivity index (χ4n) is 2.36. The molecule has 0 heterocycles. The lowest BCUT2D eigenvalue weighted by molar-refractivity contribution is -0.123. The van der Waals surface area contributed by atoms with Crippen LogP contribution in [0.4, 0.5) is 4.39 Å². The van der Waals surface area contributed by atoms with Gasteiger partial charge < -0.3 is 20.1 Å². The molecule has 2 aromatic carbocycles. The third-order valence-corrected chi connectivity index (χ3v) is 4.60. The first kappa shape index (κ1) is 23.5. The van der Waals surface area contributed by atoms with E-state index < -0.39 is 11.7 Å². The Balaban J connectivity index is 1.67. The number of ether oxygens (including phenoxy) is 2. The van der Waals surface area contributed by atoms with Crippen LogP contribution in [0.15, 0.2) is 48.6 Å². The molecule has 2 amide bonds. The molecule has 0 bridgehead atoms. The summed E-state index contributed by atoms with van der Waals surface area (Å²) in [6.45, 7) is 3.92. The zero-order valence-electron chi connectivity index (χ0n) is 16.3. The maximum absolute atomic E-state index is 13.3. The predicted molar refractivity (Wildman–Crippen MR) is 114 cm³/mol. The highest BCUT2D eigenvalue weighted by molar-refractivity contribution is 6.32. The van der Waals surface area contributed by atoms with E-state index in [9.17, 15) is 14.0 Å². The fraction of sp³-hybridized carbons (Fsp3) is 0.238. The van der Waals surface area contributed by atoms with Gasteiger partial charge in [0.1, 0.15) is 17.3 Å². The summed E-state index contributed by atoms with van der Waals surface area (Å²) in [5, 5.41) is 5.76. The summed E-state index contributed by atoms with van der Waals surface area (Å²) in [6, 6.07) is 9.11. The van der Waals surface area contributed by atoms with E-state index in [0.717, 1.165) is 11.6 Å². The van der Waals surface area contributed by atoms with Gasteiger partial charge in [-0.25, -0.2) is 4.39 Å². The molecule has 0 saturated carbocycles. The Morgan fingerprint density at radius 2 is 1.87 bits per heavy atom. The number of carbonyl (C=O) groups excluding carboxylic acids is 2. The lowest BCUT2D eigenvalue weighted by Gasteiger charge is -2.10. The summed E-state index contributed by atoms with van der Waals surface area (Å²) < 4.78 is 23.6. The zero-order valence-corrected chi connectivity index (χ0v) is 17.8. The molecular weight excluding hydrogens is 434 g/mol. The minimum Gasteiger partial charge on any atom is -0.495 e. The van der Waals surface area contributed by atoms with Crippen LogP contribution < -0.4 is 20.1 Å². The van der Waals surface area contributed by atoms with Crippen molar-refractivity contribution in [2.24, 2.45) is 0 Å². The third-order valence-electron chi connectivity index (χ3n) is 4.00. The molecule has 2 N–H and O–H groups in total. The molecule has 2 rings (SSSR count). The number of halogens is 3. The molecule has 0 saturated heterocycles. The van der Waals surface area contributed by atoms with E-state index in [4.69, 9.17) is 32.7 Å². The van der Waals surface area contributed by atoms with Crippen LogP contribution in [0.5, 0.6) is 11.5 Å². The first-order chi connectivity index (χ1) is 14.3. The van der Waals surface area contributed by atoms with Gasteiger partial charge in [0.2, 0.25) is 5.91 Å². The Morgan fingerprint density at radius 1 is 1.10 bits per heavy atom. The molecular formula is C21H21Cl2FN2O4. The van der Waals surface area contributed by atoms with Crippen molar-refractivity contribution in [3.8, 4) is 11.5 Å². The quantitative estimate of drug-likeness (QED) is 0.533. The van der Waals surface area contributed by atoms with Crippen molar-refractivity contribution in [3.63, 3.8) is 0 Å². The minimum absolute atomic E-state index is 0.0290. The van der Waals surface area contributed by atoms with Crippen LogP contribution >= 0.6 is 23.2 Å². The number of amides is 2. The van der Waals surface area contributed by atoms with Crippen LogP contribution in [-0.2, 0) is 16.1 Å². The van der Waals surface area contributed by atoms with Crippen LogP contribution in [0.25, 0.3) is 0 Å². The van der Waals surface area contributed by atoms with Crippen molar-refractivity contribution < 1.29 is 23.5 Å². The average Bonchev–Trinajstić information content (AvgIpc) is 2.72. The third kappa shape index (κ3) is 7.24. The van der Waals surface area contributed by atoms with Crippen molar-refractivity contribution in [1.82, 2.24) is 10.6 Å². The Hall–Kier alpha value is -2.77. The van der Waals surface area contributed by atoms with Crippen LogP contribution in [0.2, 0.25) is 10.0 Å². The van der Waals surface area contributed by atoms with Gasteiger partial charge in [-0.3, -0.25) is 9.59 Å². The van der Waals surface area contributed by atoms with Crippen LogP contribution in [0, 0.1) is 5.82 Å². The molecule has 0 aromatic heterocycles. The second kappa shape index (κ2) is 11.4. The van der Waals surface area contributed by atoms with Crippen LogP contribution in [0.1, 0.15) is 12.0 Å². The smallest absolute Gasteiger partial charge is 0.257 e. The Bertz CT molecular complexity index is 937. The number of carbonyl (C=O) groups is 2. The van der Waals surface area contributed by atoms with E-state index in [-0.39, 0.29) is 42.8 Å². The SMILES string of the molecule is C=C(CCNC(=O)COc1ccc(Cl)c(F)c1)C(=O)NCc1ccc(OC)c(Cl)c1. The van der Waals surface area contributed by atoms with Crippen molar-refractivity contribution >= 4 is 35.0 Å². The molecule has 0 radical (unpaired) electrons. The highest BCUT2D eigenvalue weighted by atomic mass is 35.5. The summed E-state index contributed by atoms with van der Waals surface area (Å²) in [7, 11) is 1.52. The standard InChI is InChI=1S/C21H21Cl2FN2O4/c1-13(21(28)26-11-14-3-6-19(29-2)17(23)9-14)7-8-25-20(27)12-30-15-4-5-16(22)18(24)10-15/h3-6,9-10H,1,7-8,11-12H2,2H3,(H,25,27)(H,26,28). The maximum atomic E-state index is 13.3. The normalized spacial score (nSPS) is 10.3. The van der Waals surface area contributed by atoms with Gasteiger partial charge in [0.05, 0.1) is 17.2 Å². The molecule has 0 aliphatic heterocycles. The van der Waals surface area contributed by atoms with Gasteiger partial charge in [0.25, 0.3) is 5.91 Å². The summed E-state index contributed by atoms with van der Waals surface area (Å²) in [4.78, 5) is 23.9. The fourth-order valence-corrected chi connectivity index (χ4v) is 2.76. The summed E-state index contributed by atoms with van der Waals surface area (Å²) >= 11 is 11.6. The molecule has 0 atom stereocenters. The molecule has 30 heavy (non-hydrogen) atoms. The zero-order chi connectivity index (χ0) is 22.1. The predicted octanol–water partition coefficient (Wildman–Crippen LogP) is 3.90. The average molecular weight is 455 g/mol. The Labute approximate surface area is 184 Å². The second-order valence-electron chi connectivity index (χ2n) is 6.22. The molecule has 6 nitrogen and oxygen atoms in total. The lowest BCUT2D eigenvalue weighted by atomic mass is 10.1. The maximum Gasteiger partial charge on any atom is 0.257 e. The molecule has 2 aromatic rings. The summed E-state index contributed by atoms with van der Waals surface area (Å²) in [5.74, 6) is -0.629. The first-order valence-electron chi connectivity index (χ1n) is 8.93. The number of methoxy groups -OCH3 is 1. The molecule has 0 spiro atoms. The number of rotatable bonds is 10. The highest BCUT2D eigenvalue weighted by Crippen LogP contribution is 2.24. The lowest BCUT2D eigenvalue weighted by Crippen LogP contribution is -2.31. The van der Waals surface area contributed by atoms with E-state index in [2.05, 4.69) is 17.2 Å². The minimum atomic E-state index is -0.631.